The van der Waals surface area contributed by atoms with Gasteiger partial charge >= 0.3 is 0 Å². The molecule has 4 rings (SSSR count). The smallest absolute Gasteiger partial charge is 0.141 e. The second-order valence-electron chi connectivity index (χ2n) is 11.2. The van der Waals surface area contributed by atoms with E-state index in [9.17, 15) is 4.21 Å². The summed E-state index contributed by atoms with van der Waals surface area (Å²) in [7, 11) is 0.258. The molecular weight excluding hydrogens is 542 g/mol. The number of aromatic nitrogens is 3. The molecule has 7 nitrogen and oxygen atoms in total. The number of aryl methyl sites for hydroxylation is 2. The number of anilines is 1. The zero-order valence-electron chi connectivity index (χ0n) is 27.3. The molecule has 1 aromatic carbocycles. The number of hydrogen-bond donors (Lipinski definition) is 2. The Morgan fingerprint density at radius 1 is 1.10 bits per heavy atom. The Bertz CT molecular complexity index is 1370. The van der Waals surface area contributed by atoms with Crippen molar-refractivity contribution < 1.29 is 8.95 Å². The van der Waals surface area contributed by atoms with E-state index in [1.54, 1.807) is 19.6 Å². The highest BCUT2D eigenvalue weighted by Gasteiger charge is 2.25. The number of allylic oxidation sites excluding steroid dienone is 2. The lowest BCUT2D eigenvalue weighted by molar-refractivity contribution is 0.279. The molecule has 230 valence electrons. The lowest BCUT2D eigenvalue weighted by Crippen LogP contribution is -2.19. The Morgan fingerprint density at radius 2 is 1.81 bits per heavy atom. The van der Waals surface area contributed by atoms with Crippen molar-refractivity contribution in [2.45, 2.75) is 92.9 Å². The van der Waals surface area contributed by atoms with Gasteiger partial charge in [-0.2, -0.15) is 0 Å². The highest BCUT2D eigenvalue weighted by atomic mass is 32.2. The maximum absolute atomic E-state index is 12.1. The van der Waals surface area contributed by atoms with Gasteiger partial charge in [-0.1, -0.05) is 67.0 Å². The van der Waals surface area contributed by atoms with Gasteiger partial charge in [0.05, 0.1) is 17.2 Å². The maximum atomic E-state index is 12.1. The first kappa shape index (κ1) is 35.1. The van der Waals surface area contributed by atoms with Gasteiger partial charge in [0.2, 0.25) is 0 Å². The van der Waals surface area contributed by atoms with Crippen molar-refractivity contribution in [2.75, 3.05) is 19.4 Å². The summed E-state index contributed by atoms with van der Waals surface area (Å²) in [5, 5.41) is 0. The minimum Gasteiger partial charge on any atom is -0.493 e. The molecule has 2 heterocycles. The summed E-state index contributed by atoms with van der Waals surface area (Å²) in [4.78, 5) is 13.3. The third kappa shape index (κ3) is 9.46. The van der Waals surface area contributed by atoms with E-state index < -0.39 is 11.0 Å². The summed E-state index contributed by atoms with van der Waals surface area (Å²) in [6.07, 6.45) is 9.83. The van der Waals surface area contributed by atoms with Gasteiger partial charge in [-0.3, -0.25) is 0 Å². The summed E-state index contributed by atoms with van der Waals surface area (Å²) in [5.41, 5.74) is 14.0. The number of benzene rings is 1. The van der Waals surface area contributed by atoms with Crippen LogP contribution in [0.25, 0.3) is 16.7 Å². The average molecular weight is 594 g/mol. The molecule has 1 aliphatic carbocycles. The van der Waals surface area contributed by atoms with Crippen LogP contribution in [0.15, 0.2) is 47.8 Å². The van der Waals surface area contributed by atoms with Crippen LogP contribution in [0.3, 0.4) is 0 Å². The molecule has 3 N–H and O–H groups in total. The third-order valence-electron chi connectivity index (χ3n) is 7.38. The topological polar surface area (TPSA) is 103 Å². The third-order valence-corrected chi connectivity index (χ3v) is 8.48. The Balaban J connectivity index is 0.000000322. The second kappa shape index (κ2) is 16.5. The minimum absolute atomic E-state index is 0.243. The molecule has 2 aromatic heterocycles. The highest BCUT2D eigenvalue weighted by Crippen LogP contribution is 2.36. The number of pyridine rings is 1. The van der Waals surface area contributed by atoms with E-state index in [0.29, 0.717) is 10.8 Å². The molecule has 8 heteroatoms. The van der Waals surface area contributed by atoms with Gasteiger partial charge in [0.25, 0.3) is 0 Å². The van der Waals surface area contributed by atoms with E-state index in [1.807, 2.05) is 32.0 Å². The van der Waals surface area contributed by atoms with E-state index in [-0.39, 0.29) is 11.2 Å². The van der Waals surface area contributed by atoms with Crippen LogP contribution >= 0.6 is 0 Å². The molecule has 0 saturated carbocycles. The number of rotatable bonds is 9. The van der Waals surface area contributed by atoms with Crippen molar-refractivity contribution in [1.82, 2.24) is 19.7 Å². The van der Waals surface area contributed by atoms with Gasteiger partial charge in [0.1, 0.15) is 28.9 Å². The van der Waals surface area contributed by atoms with Crippen LogP contribution in [0.4, 0.5) is 5.82 Å². The lowest BCUT2D eigenvalue weighted by Gasteiger charge is -2.28. The summed E-state index contributed by atoms with van der Waals surface area (Å²) in [6.45, 7) is 20.0. The molecule has 0 saturated heterocycles. The van der Waals surface area contributed by atoms with Crippen molar-refractivity contribution in [3.8, 4) is 16.9 Å². The monoisotopic (exact) mass is 593 g/mol. The van der Waals surface area contributed by atoms with Gasteiger partial charge in [-0.25, -0.2) is 23.9 Å². The number of nitrogens with zero attached hydrogens (tertiary/aromatic N) is 3. The summed E-state index contributed by atoms with van der Waals surface area (Å²) in [6, 6.07) is 7.96. The van der Waals surface area contributed by atoms with Crippen molar-refractivity contribution in [3.63, 3.8) is 0 Å². The molecule has 0 bridgehead atoms. The fraction of sp³-hybridized carbons (Fsp3) is 0.500. The number of nitrogens with two attached hydrogens (primary N) is 1. The normalized spacial score (nSPS) is 14.7. The molecule has 0 amide bonds. The van der Waals surface area contributed by atoms with Crippen molar-refractivity contribution in [1.29, 1.82) is 0 Å². The Hall–Kier alpha value is -3.10. The lowest BCUT2D eigenvalue weighted by atomic mass is 9.78. The first-order valence-corrected chi connectivity index (χ1v) is 16.3. The standard InChI is InChI=1S/C20H29N3O2S.C12H16N2.C2H6/c1-5-14(3)9-10-25-18-8-7-16(11-15(18)6-2)17-12-19(26(24)22-4)20(21)23-13-17;1-8-5-12(3,4)6-10-9(2)13-7-14-11(8)10;1-2/h7-8,11-14,22H,5-6,9-10H2,1-4H3,(H2,21,23);5,7H,6H2,1-4H3;1-2H3. The SMILES string of the molecule is CC.CC1=CC(C)(C)Cc2c(C)ncnc21.CCc1cc(-c2cnc(N)c(S(=O)NC)c2)ccc1OCCC(C)CC. The zero-order chi connectivity index (χ0) is 31.4. The molecule has 3 aromatic rings. The van der Waals surface area contributed by atoms with E-state index in [2.05, 4.69) is 80.3 Å². The molecular formula is C34H51N5O2S. The molecule has 2 atom stereocenters. The molecule has 2 unspecified atom stereocenters. The maximum Gasteiger partial charge on any atom is 0.141 e. The summed E-state index contributed by atoms with van der Waals surface area (Å²) >= 11 is 0. The average Bonchev–Trinajstić information content (AvgIpc) is 2.98. The molecule has 0 fully saturated rings. The first-order chi connectivity index (χ1) is 20.0. The molecule has 0 spiro atoms. The van der Waals surface area contributed by atoms with E-state index >= 15 is 0 Å². The molecule has 1 aliphatic rings. The highest BCUT2D eigenvalue weighted by molar-refractivity contribution is 7.83. The molecule has 42 heavy (non-hydrogen) atoms. The molecule has 0 aliphatic heterocycles. The predicted octanol–water partition coefficient (Wildman–Crippen LogP) is 7.75. The Kier molecular flexibility index (Phi) is 13.8. The number of ether oxygens (including phenoxy) is 1. The van der Waals surface area contributed by atoms with Crippen LogP contribution in [0.5, 0.6) is 5.75 Å². The van der Waals surface area contributed by atoms with Crippen LogP contribution in [0.2, 0.25) is 0 Å². The number of nitrogens with one attached hydrogen (secondary N) is 1. The van der Waals surface area contributed by atoms with Gasteiger partial charge < -0.3 is 10.5 Å². The fourth-order valence-corrected chi connectivity index (χ4v) is 5.53. The number of fused-ring (bicyclic) bond motifs is 1. The van der Waals surface area contributed by atoms with E-state index in [1.165, 1.54) is 17.6 Å². The molecule has 0 radical (unpaired) electrons. The fourth-order valence-electron chi connectivity index (χ4n) is 4.83. The van der Waals surface area contributed by atoms with Gasteiger partial charge in [-0.05, 0) is 86.4 Å². The van der Waals surface area contributed by atoms with Crippen molar-refractivity contribution in [3.05, 3.63) is 65.4 Å². The van der Waals surface area contributed by atoms with Crippen LogP contribution in [0.1, 0.15) is 90.7 Å². The van der Waals surface area contributed by atoms with E-state index in [0.717, 1.165) is 59.7 Å². The Labute approximate surface area is 256 Å². The summed E-state index contributed by atoms with van der Waals surface area (Å²) < 4.78 is 20.8. The second-order valence-corrected chi connectivity index (χ2v) is 12.6. The van der Waals surface area contributed by atoms with Gasteiger partial charge in [0, 0.05) is 23.0 Å². The zero-order valence-corrected chi connectivity index (χ0v) is 28.1. The predicted molar refractivity (Wildman–Crippen MR) is 178 cm³/mol. The quantitative estimate of drug-likeness (QED) is 0.263. The van der Waals surface area contributed by atoms with Crippen LogP contribution in [-0.4, -0.2) is 32.8 Å². The number of hydrogen-bond acceptors (Lipinski definition) is 6. The Morgan fingerprint density at radius 3 is 2.45 bits per heavy atom. The van der Waals surface area contributed by atoms with E-state index in [4.69, 9.17) is 10.5 Å². The van der Waals surface area contributed by atoms with Crippen molar-refractivity contribution >= 4 is 22.4 Å². The first-order valence-electron chi connectivity index (χ1n) is 15.1. The summed E-state index contributed by atoms with van der Waals surface area (Å²) in [5.74, 6) is 1.88. The van der Waals surface area contributed by atoms with Crippen LogP contribution < -0.4 is 15.2 Å². The largest absolute Gasteiger partial charge is 0.493 e. The van der Waals surface area contributed by atoms with Gasteiger partial charge in [0.15, 0.2) is 0 Å². The number of nitrogen functional groups attached to an aromatic ring is 1. The minimum atomic E-state index is -1.37. The van der Waals surface area contributed by atoms with Crippen LogP contribution in [-0.2, 0) is 23.8 Å². The van der Waals surface area contributed by atoms with Crippen molar-refractivity contribution in [2.24, 2.45) is 11.3 Å². The van der Waals surface area contributed by atoms with Gasteiger partial charge in [-0.15, -0.1) is 0 Å². The van der Waals surface area contributed by atoms with Crippen LogP contribution in [0, 0.1) is 18.3 Å².